The molecule has 5 aliphatic rings. The first-order valence-electron chi connectivity index (χ1n) is 15.7. The zero-order valence-corrected chi connectivity index (χ0v) is 24.1. The van der Waals surface area contributed by atoms with Gasteiger partial charge in [-0.15, -0.1) is 0 Å². The number of carbonyl (C=O) groups excluding carboxylic acids is 1. The molecule has 0 unspecified atom stereocenters. The van der Waals surface area contributed by atoms with Gasteiger partial charge in [-0.1, -0.05) is 84.9 Å². The lowest BCUT2D eigenvalue weighted by Crippen LogP contribution is -2.66. The average molecular weight is 503 g/mol. The predicted molar refractivity (Wildman–Crippen MR) is 152 cm³/mol. The van der Waals surface area contributed by atoms with Gasteiger partial charge in [-0.25, -0.2) is 5.01 Å². The maximum Gasteiger partial charge on any atom is 0.274 e. The number of amides is 1. The van der Waals surface area contributed by atoms with Crippen molar-refractivity contribution in [1.82, 2.24) is 5.01 Å². The number of rotatable bonds is 6. The summed E-state index contributed by atoms with van der Waals surface area (Å²) in [5.41, 5.74) is 2.70. The Kier molecular flexibility index (Phi) is 6.39. The molecule has 1 aromatic rings. The second-order valence-electron chi connectivity index (χ2n) is 14.7. The van der Waals surface area contributed by atoms with Gasteiger partial charge < -0.3 is 0 Å². The standard InChI is InChI=1S/C34H50N2O/c1-23(2)12-11-13-24(3)26-16-17-27-30-28(18-21-32(26,27)4)33(5)19-9-10-20-34(33)22-29(30)35-36(34)31(37)25-14-7-6-8-15-25/h6-8,14-15,23-24,26-28,30H,9-13,16-22H2,1-5H3/t24-,26-,27+,28+,30+,32-,33-,34+/m1/s1. The summed E-state index contributed by atoms with van der Waals surface area (Å²) in [7, 11) is 0. The van der Waals surface area contributed by atoms with Crippen LogP contribution in [0.25, 0.3) is 0 Å². The Morgan fingerprint density at radius 1 is 0.973 bits per heavy atom. The van der Waals surface area contributed by atoms with E-state index in [1.165, 1.54) is 69.9 Å². The number of hydrazone groups is 1. The Balaban J connectivity index is 1.33. The molecule has 0 radical (unpaired) electrons. The van der Waals surface area contributed by atoms with E-state index in [-0.39, 0.29) is 16.9 Å². The fourth-order valence-electron chi connectivity index (χ4n) is 10.7. The molecule has 37 heavy (non-hydrogen) atoms. The first-order chi connectivity index (χ1) is 17.7. The average Bonchev–Trinajstić information content (AvgIpc) is 3.41. The summed E-state index contributed by atoms with van der Waals surface area (Å²) in [5, 5.41) is 7.41. The molecule has 0 N–H and O–H groups in total. The maximum atomic E-state index is 14.0. The fraction of sp³-hybridized carbons (Fsp3) is 0.765. The van der Waals surface area contributed by atoms with Gasteiger partial charge in [-0.2, -0.15) is 5.10 Å². The minimum atomic E-state index is -0.107. The van der Waals surface area contributed by atoms with Crippen LogP contribution in [0.3, 0.4) is 0 Å². The molecule has 0 saturated heterocycles. The lowest BCUT2D eigenvalue weighted by molar-refractivity contribution is -0.115. The van der Waals surface area contributed by atoms with Gasteiger partial charge >= 0.3 is 0 Å². The molecule has 1 heterocycles. The SMILES string of the molecule is CC(C)CCC[C@@H](C)[C@H]1CC[C@H]2[C@@H]3C4=NN(C(=O)c5ccccc5)[C@@]5(CCCC[C@]5(C)[C@H]3CC[C@]12C)C4. The van der Waals surface area contributed by atoms with Gasteiger partial charge in [-0.3, -0.25) is 4.79 Å². The van der Waals surface area contributed by atoms with Crippen LogP contribution in [0, 0.1) is 46.3 Å². The smallest absolute Gasteiger partial charge is 0.267 e. The Labute approximate surface area is 225 Å². The Morgan fingerprint density at radius 3 is 2.49 bits per heavy atom. The highest BCUT2D eigenvalue weighted by atomic mass is 16.2. The van der Waals surface area contributed by atoms with Crippen molar-refractivity contribution in [2.45, 2.75) is 117 Å². The molecule has 1 amide bonds. The minimum Gasteiger partial charge on any atom is -0.267 e. The molecule has 4 saturated carbocycles. The number of fused-ring (bicyclic) bond motifs is 6. The van der Waals surface area contributed by atoms with Crippen molar-refractivity contribution in [3.8, 4) is 0 Å². The molecule has 4 fully saturated rings. The summed E-state index contributed by atoms with van der Waals surface area (Å²) in [5.74, 6) is 4.62. The van der Waals surface area contributed by atoms with Crippen LogP contribution in [0.15, 0.2) is 35.4 Å². The molecule has 1 spiro atoms. The third kappa shape index (κ3) is 3.72. The van der Waals surface area contributed by atoms with Crippen LogP contribution in [0.1, 0.15) is 122 Å². The fourth-order valence-corrected chi connectivity index (χ4v) is 10.7. The molecule has 8 atom stereocenters. The highest BCUT2D eigenvalue weighted by Gasteiger charge is 2.70. The number of nitrogens with zero attached hydrogens (tertiary/aromatic N) is 2. The molecular formula is C34H50N2O. The van der Waals surface area contributed by atoms with Crippen molar-refractivity contribution < 1.29 is 4.79 Å². The van der Waals surface area contributed by atoms with Gasteiger partial charge in [0.25, 0.3) is 5.91 Å². The zero-order valence-electron chi connectivity index (χ0n) is 24.1. The molecule has 3 heteroatoms. The number of hydrogen-bond donors (Lipinski definition) is 0. The van der Waals surface area contributed by atoms with E-state index in [1.807, 2.05) is 35.3 Å². The summed E-state index contributed by atoms with van der Waals surface area (Å²) >= 11 is 0. The van der Waals surface area contributed by atoms with E-state index in [0.29, 0.717) is 17.3 Å². The van der Waals surface area contributed by atoms with Crippen LogP contribution in [0.4, 0.5) is 0 Å². The molecule has 3 nitrogen and oxygen atoms in total. The summed E-state index contributed by atoms with van der Waals surface area (Å²) in [6.45, 7) is 12.5. The van der Waals surface area contributed by atoms with Gasteiger partial charge in [0.1, 0.15) is 0 Å². The first-order valence-corrected chi connectivity index (χ1v) is 15.7. The molecule has 2 bridgehead atoms. The van der Waals surface area contributed by atoms with E-state index in [2.05, 4.69) is 34.6 Å². The third-order valence-corrected chi connectivity index (χ3v) is 12.6. The molecular weight excluding hydrogens is 452 g/mol. The zero-order chi connectivity index (χ0) is 26.0. The van der Waals surface area contributed by atoms with Gasteiger partial charge in [0, 0.05) is 23.6 Å². The highest BCUT2D eigenvalue weighted by Crippen LogP contribution is 2.71. The number of benzene rings is 1. The lowest BCUT2D eigenvalue weighted by atomic mass is 9.42. The normalized spacial score (nSPS) is 41.1. The van der Waals surface area contributed by atoms with Gasteiger partial charge in [0.15, 0.2) is 0 Å². The molecule has 202 valence electrons. The largest absolute Gasteiger partial charge is 0.274 e. The highest BCUT2D eigenvalue weighted by molar-refractivity contribution is 6.00. The second-order valence-corrected chi connectivity index (χ2v) is 14.7. The summed E-state index contributed by atoms with van der Waals surface area (Å²) in [4.78, 5) is 14.0. The van der Waals surface area contributed by atoms with Crippen molar-refractivity contribution >= 4 is 11.6 Å². The topological polar surface area (TPSA) is 32.7 Å². The van der Waals surface area contributed by atoms with Gasteiger partial charge in [0.05, 0.1) is 5.54 Å². The van der Waals surface area contributed by atoms with Crippen LogP contribution in [-0.4, -0.2) is 22.2 Å². The summed E-state index contributed by atoms with van der Waals surface area (Å²) in [6.07, 6.45) is 15.6. The van der Waals surface area contributed by atoms with Crippen LogP contribution in [-0.2, 0) is 0 Å². The van der Waals surface area contributed by atoms with E-state index >= 15 is 0 Å². The molecule has 4 aliphatic carbocycles. The van der Waals surface area contributed by atoms with Crippen molar-refractivity contribution in [2.24, 2.45) is 51.4 Å². The Bertz CT molecular complexity index is 1050. The maximum absolute atomic E-state index is 14.0. The van der Waals surface area contributed by atoms with Crippen LogP contribution in [0.2, 0.25) is 0 Å². The van der Waals surface area contributed by atoms with Gasteiger partial charge in [0.2, 0.25) is 0 Å². The van der Waals surface area contributed by atoms with Gasteiger partial charge in [-0.05, 0) is 91.1 Å². The van der Waals surface area contributed by atoms with Crippen molar-refractivity contribution in [1.29, 1.82) is 0 Å². The lowest BCUT2D eigenvalue weighted by Gasteiger charge is -2.63. The summed E-state index contributed by atoms with van der Waals surface area (Å²) < 4.78 is 0. The minimum absolute atomic E-state index is 0.107. The molecule has 6 rings (SSSR count). The van der Waals surface area contributed by atoms with Crippen molar-refractivity contribution in [3.05, 3.63) is 35.9 Å². The Hall–Kier alpha value is -1.64. The first kappa shape index (κ1) is 25.6. The van der Waals surface area contributed by atoms with Crippen LogP contribution < -0.4 is 0 Å². The Morgan fingerprint density at radius 2 is 1.73 bits per heavy atom. The predicted octanol–water partition coefficient (Wildman–Crippen LogP) is 8.74. The van der Waals surface area contributed by atoms with Crippen molar-refractivity contribution in [3.63, 3.8) is 0 Å². The van der Waals surface area contributed by atoms with E-state index in [4.69, 9.17) is 5.10 Å². The summed E-state index contributed by atoms with van der Waals surface area (Å²) in [6, 6.07) is 9.95. The quantitative estimate of drug-likeness (QED) is 0.383. The van der Waals surface area contributed by atoms with E-state index in [1.54, 1.807) is 0 Å². The molecule has 1 aromatic carbocycles. The molecule has 0 aromatic heterocycles. The van der Waals surface area contributed by atoms with E-state index in [0.717, 1.165) is 42.1 Å². The van der Waals surface area contributed by atoms with Crippen LogP contribution >= 0.6 is 0 Å². The second kappa shape index (κ2) is 9.23. The van der Waals surface area contributed by atoms with Crippen LogP contribution in [0.5, 0.6) is 0 Å². The third-order valence-electron chi connectivity index (χ3n) is 12.6. The van der Waals surface area contributed by atoms with E-state index in [9.17, 15) is 4.79 Å². The van der Waals surface area contributed by atoms with Crippen molar-refractivity contribution in [2.75, 3.05) is 0 Å². The monoisotopic (exact) mass is 502 g/mol. The molecule has 1 aliphatic heterocycles. The van der Waals surface area contributed by atoms with E-state index < -0.39 is 0 Å². The number of hydrogen-bond acceptors (Lipinski definition) is 2. The number of carbonyl (C=O) groups is 1.